The average Bonchev–Trinajstić information content (AvgIpc) is 2.41. The largest absolute Gasteiger partial charge is 0.194 e. The van der Waals surface area contributed by atoms with Gasteiger partial charge in [0.15, 0.2) is 0 Å². The molecule has 1 aliphatic rings. The van der Waals surface area contributed by atoms with Gasteiger partial charge in [-0.2, -0.15) is 10.2 Å². The van der Waals surface area contributed by atoms with Crippen molar-refractivity contribution in [2.45, 2.75) is 47.0 Å². The van der Waals surface area contributed by atoms with Crippen LogP contribution in [0.25, 0.3) is 0 Å². The van der Waals surface area contributed by atoms with Crippen molar-refractivity contribution in [2.75, 3.05) is 13.1 Å². The molecule has 0 heterocycles. The number of fused-ring (bicyclic) bond motifs is 1. The highest BCUT2D eigenvalue weighted by molar-refractivity contribution is 5.53. The van der Waals surface area contributed by atoms with Gasteiger partial charge in [-0.3, -0.25) is 0 Å². The molecule has 2 nitrogen and oxygen atoms in total. The molecule has 0 aliphatic heterocycles. The summed E-state index contributed by atoms with van der Waals surface area (Å²) >= 11 is 0. The predicted octanol–water partition coefficient (Wildman–Crippen LogP) is 4.25. The Bertz CT molecular complexity index is 573. The van der Waals surface area contributed by atoms with Crippen molar-refractivity contribution < 1.29 is 0 Å². The summed E-state index contributed by atoms with van der Waals surface area (Å²) in [4.78, 5) is 0. The topological polar surface area (TPSA) is 24.7 Å². The van der Waals surface area contributed by atoms with Crippen LogP contribution >= 0.6 is 0 Å². The summed E-state index contributed by atoms with van der Waals surface area (Å²) in [6.07, 6.45) is 3.72. The second kappa shape index (κ2) is 6.70. The van der Waals surface area contributed by atoms with E-state index in [9.17, 15) is 0 Å². The standard InChI is InChI=1S/C18H24N2/c1-5-19-20-10-6-7-17-14(3)12-16-11-13(2)8-9-18(16)15(17)4/h12-13H,5,8-11H2,1-4H3. The smallest absolute Gasteiger partial charge is 0.121 e. The minimum absolute atomic E-state index is 0.501. The molecular weight excluding hydrogens is 244 g/mol. The second-order valence-corrected chi connectivity index (χ2v) is 5.74. The highest BCUT2D eigenvalue weighted by atomic mass is 15.1. The van der Waals surface area contributed by atoms with E-state index in [0.29, 0.717) is 6.54 Å². The summed E-state index contributed by atoms with van der Waals surface area (Å²) in [6, 6.07) is 2.34. The summed E-state index contributed by atoms with van der Waals surface area (Å²) in [5, 5.41) is 7.96. The summed E-state index contributed by atoms with van der Waals surface area (Å²) in [6.45, 7) is 9.96. The van der Waals surface area contributed by atoms with E-state index in [0.717, 1.165) is 12.5 Å². The van der Waals surface area contributed by atoms with Crippen LogP contribution in [0.4, 0.5) is 0 Å². The molecule has 0 bridgehead atoms. The molecule has 1 atom stereocenters. The molecule has 0 aromatic heterocycles. The fourth-order valence-electron chi connectivity index (χ4n) is 3.01. The van der Waals surface area contributed by atoms with Gasteiger partial charge in [-0.25, -0.2) is 0 Å². The lowest BCUT2D eigenvalue weighted by Gasteiger charge is -2.25. The van der Waals surface area contributed by atoms with Gasteiger partial charge in [0.05, 0.1) is 6.54 Å². The molecular formula is C18H24N2. The van der Waals surface area contributed by atoms with Crippen molar-refractivity contribution in [3.63, 3.8) is 0 Å². The number of rotatable bonds is 2. The van der Waals surface area contributed by atoms with E-state index in [1.165, 1.54) is 47.1 Å². The molecule has 2 heteroatoms. The van der Waals surface area contributed by atoms with Crippen molar-refractivity contribution >= 4 is 0 Å². The number of benzene rings is 1. The van der Waals surface area contributed by atoms with Crippen molar-refractivity contribution in [2.24, 2.45) is 16.1 Å². The summed E-state index contributed by atoms with van der Waals surface area (Å²) < 4.78 is 0. The molecule has 0 spiro atoms. The average molecular weight is 268 g/mol. The van der Waals surface area contributed by atoms with E-state index < -0.39 is 0 Å². The lowest BCUT2D eigenvalue weighted by atomic mass is 9.80. The molecule has 1 unspecified atom stereocenters. The van der Waals surface area contributed by atoms with Gasteiger partial charge in [-0.1, -0.05) is 24.8 Å². The van der Waals surface area contributed by atoms with Gasteiger partial charge < -0.3 is 0 Å². The van der Waals surface area contributed by atoms with E-state index in [2.05, 4.69) is 48.9 Å². The molecule has 1 aliphatic carbocycles. The van der Waals surface area contributed by atoms with Crippen LogP contribution in [-0.4, -0.2) is 13.1 Å². The summed E-state index contributed by atoms with van der Waals surface area (Å²) in [5.74, 6) is 7.23. The zero-order valence-corrected chi connectivity index (χ0v) is 13.1. The maximum absolute atomic E-state index is 4.01. The Balaban J connectivity index is 2.28. The van der Waals surface area contributed by atoms with Gasteiger partial charge in [-0.05, 0) is 68.2 Å². The minimum Gasteiger partial charge on any atom is -0.194 e. The monoisotopic (exact) mass is 268 g/mol. The summed E-state index contributed by atoms with van der Waals surface area (Å²) in [5.41, 5.74) is 6.95. The highest BCUT2D eigenvalue weighted by Crippen LogP contribution is 2.30. The van der Waals surface area contributed by atoms with Crippen molar-refractivity contribution in [1.29, 1.82) is 0 Å². The molecule has 2 rings (SSSR count). The van der Waals surface area contributed by atoms with Crippen LogP contribution in [0.15, 0.2) is 16.3 Å². The first kappa shape index (κ1) is 14.8. The van der Waals surface area contributed by atoms with Crippen LogP contribution in [0.1, 0.15) is 48.1 Å². The Morgan fingerprint density at radius 3 is 2.85 bits per heavy atom. The SMILES string of the molecule is CCN=NCC#Cc1c(C)cc2c(c1C)CCC(C)C2. The molecule has 1 aromatic carbocycles. The Hall–Kier alpha value is -1.62. The third-order valence-electron chi connectivity index (χ3n) is 4.06. The van der Waals surface area contributed by atoms with Gasteiger partial charge in [0, 0.05) is 5.56 Å². The van der Waals surface area contributed by atoms with Crippen LogP contribution in [0, 0.1) is 31.6 Å². The molecule has 0 amide bonds. The van der Waals surface area contributed by atoms with Gasteiger partial charge in [0.1, 0.15) is 6.54 Å². The van der Waals surface area contributed by atoms with Gasteiger partial charge >= 0.3 is 0 Å². The maximum Gasteiger partial charge on any atom is 0.121 e. The quantitative estimate of drug-likeness (QED) is 0.566. The van der Waals surface area contributed by atoms with E-state index in [1.54, 1.807) is 0 Å². The number of nitrogens with zero attached hydrogens (tertiary/aromatic N) is 2. The highest BCUT2D eigenvalue weighted by Gasteiger charge is 2.19. The van der Waals surface area contributed by atoms with Crippen LogP contribution in [0.5, 0.6) is 0 Å². The van der Waals surface area contributed by atoms with Crippen molar-refractivity contribution in [3.05, 3.63) is 33.9 Å². The predicted molar refractivity (Wildman–Crippen MR) is 84.2 cm³/mol. The molecule has 0 radical (unpaired) electrons. The lowest BCUT2D eigenvalue weighted by Crippen LogP contribution is -2.14. The zero-order valence-electron chi connectivity index (χ0n) is 13.1. The molecule has 0 fully saturated rings. The van der Waals surface area contributed by atoms with Crippen LogP contribution < -0.4 is 0 Å². The Kier molecular flexibility index (Phi) is 4.95. The number of azo groups is 1. The van der Waals surface area contributed by atoms with E-state index >= 15 is 0 Å². The maximum atomic E-state index is 4.01. The Labute approximate surface area is 122 Å². The fourth-order valence-corrected chi connectivity index (χ4v) is 3.01. The molecule has 0 N–H and O–H groups in total. The van der Waals surface area contributed by atoms with Crippen molar-refractivity contribution in [3.8, 4) is 11.8 Å². The molecule has 106 valence electrons. The van der Waals surface area contributed by atoms with Gasteiger partial charge in [0.25, 0.3) is 0 Å². The van der Waals surface area contributed by atoms with Crippen LogP contribution in [-0.2, 0) is 12.8 Å². The van der Waals surface area contributed by atoms with Gasteiger partial charge in [0.2, 0.25) is 0 Å². The number of hydrogen-bond acceptors (Lipinski definition) is 2. The summed E-state index contributed by atoms with van der Waals surface area (Å²) in [7, 11) is 0. The minimum atomic E-state index is 0.501. The first-order valence-corrected chi connectivity index (χ1v) is 7.57. The Morgan fingerprint density at radius 2 is 2.10 bits per heavy atom. The van der Waals surface area contributed by atoms with E-state index in [1.807, 2.05) is 6.92 Å². The van der Waals surface area contributed by atoms with Crippen LogP contribution in [0.2, 0.25) is 0 Å². The first-order chi connectivity index (χ1) is 9.63. The molecule has 1 aromatic rings. The van der Waals surface area contributed by atoms with Crippen molar-refractivity contribution in [1.82, 2.24) is 0 Å². The molecule has 0 saturated carbocycles. The Morgan fingerprint density at radius 1 is 1.30 bits per heavy atom. The number of aryl methyl sites for hydroxylation is 1. The normalized spacial score (nSPS) is 17.7. The lowest BCUT2D eigenvalue weighted by molar-refractivity contribution is 0.499. The zero-order chi connectivity index (χ0) is 14.5. The number of hydrogen-bond donors (Lipinski definition) is 0. The third-order valence-corrected chi connectivity index (χ3v) is 4.06. The van der Waals surface area contributed by atoms with E-state index in [-0.39, 0.29) is 0 Å². The van der Waals surface area contributed by atoms with E-state index in [4.69, 9.17) is 0 Å². The fraction of sp³-hybridized carbons (Fsp3) is 0.556. The van der Waals surface area contributed by atoms with Crippen LogP contribution in [0.3, 0.4) is 0 Å². The molecule has 0 saturated heterocycles. The third kappa shape index (κ3) is 3.28. The second-order valence-electron chi connectivity index (χ2n) is 5.74. The first-order valence-electron chi connectivity index (χ1n) is 7.57. The van der Waals surface area contributed by atoms with Gasteiger partial charge in [-0.15, -0.1) is 0 Å². The molecule has 20 heavy (non-hydrogen) atoms.